The summed E-state index contributed by atoms with van der Waals surface area (Å²) < 4.78 is 27.1. The van der Waals surface area contributed by atoms with Crippen LogP contribution in [0.1, 0.15) is 0 Å². The fraction of sp³-hybridized carbons (Fsp3) is 0.143. The Morgan fingerprint density at radius 2 is 1.73 bits per heavy atom. The number of benzene rings is 1. The van der Waals surface area contributed by atoms with Crippen molar-refractivity contribution in [3.8, 4) is 5.75 Å². The molecule has 1 rings (SSSR count). The third kappa shape index (κ3) is 1.90. The molecule has 0 saturated heterocycles. The maximum absolute atomic E-state index is 11.1. The van der Waals surface area contributed by atoms with E-state index in [1.807, 2.05) is 0 Å². The Labute approximate surface area is 87.0 Å². The fourth-order valence-corrected chi connectivity index (χ4v) is 1.87. The topological polar surface area (TPSA) is 147 Å². The standard InChI is InChI=1S/C7H12N4O3S/c1-14-7-3(8)2-4(15(11,12)13)5(9)6(7)10/h2H,8-10H2,1H3,(H2,11,12,13). The van der Waals surface area contributed by atoms with E-state index in [2.05, 4.69) is 0 Å². The predicted octanol–water partition coefficient (Wildman–Crippen LogP) is -0.911. The molecule has 0 aliphatic heterocycles. The van der Waals surface area contributed by atoms with Crippen molar-refractivity contribution in [3.63, 3.8) is 0 Å². The van der Waals surface area contributed by atoms with Gasteiger partial charge in [0, 0.05) is 0 Å². The van der Waals surface area contributed by atoms with Gasteiger partial charge in [0.1, 0.15) is 10.6 Å². The molecule has 0 fully saturated rings. The monoisotopic (exact) mass is 232 g/mol. The molecule has 0 unspecified atom stereocenters. The molecule has 0 heterocycles. The SMILES string of the molecule is COc1c(N)cc(S(N)(=O)=O)c(N)c1N. The quantitative estimate of drug-likeness (QED) is 0.485. The van der Waals surface area contributed by atoms with Crippen LogP contribution in [0.5, 0.6) is 5.75 Å². The Morgan fingerprint density at radius 3 is 2.13 bits per heavy atom. The number of primary sulfonamides is 1. The van der Waals surface area contributed by atoms with E-state index in [0.717, 1.165) is 6.07 Å². The van der Waals surface area contributed by atoms with Gasteiger partial charge in [-0.25, -0.2) is 13.6 Å². The van der Waals surface area contributed by atoms with Crippen molar-refractivity contribution in [1.29, 1.82) is 0 Å². The van der Waals surface area contributed by atoms with E-state index < -0.39 is 10.0 Å². The molecule has 1 aromatic rings. The molecule has 8 heteroatoms. The number of rotatable bonds is 2. The highest BCUT2D eigenvalue weighted by Gasteiger charge is 2.19. The van der Waals surface area contributed by atoms with Crippen molar-refractivity contribution < 1.29 is 13.2 Å². The van der Waals surface area contributed by atoms with Gasteiger partial charge in [-0.2, -0.15) is 0 Å². The van der Waals surface area contributed by atoms with Crippen LogP contribution in [0.3, 0.4) is 0 Å². The van der Waals surface area contributed by atoms with Gasteiger partial charge in [0.05, 0.1) is 18.5 Å². The summed E-state index contributed by atoms with van der Waals surface area (Å²) in [5.41, 5.74) is 16.4. The van der Waals surface area contributed by atoms with E-state index in [-0.39, 0.29) is 27.7 Å². The summed E-state index contributed by atoms with van der Waals surface area (Å²) in [5, 5.41) is 4.93. The predicted molar refractivity (Wildman–Crippen MR) is 57.6 cm³/mol. The number of nitrogen functional groups attached to an aromatic ring is 3. The Balaban J connectivity index is 3.62. The molecular formula is C7H12N4O3S. The lowest BCUT2D eigenvalue weighted by Gasteiger charge is -2.13. The summed E-state index contributed by atoms with van der Waals surface area (Å²) in [6.45, 7) is 0. The van der Waals surface area contributed by atoms with Crippen molar-refractivity contribution in [2.24, 2.45) is 5.14 Å². The van der Waals surface area contributed by atoms with Gasteiger partial charge < -0.3 is 21.9 Å². The molecule has 0 saturated carbocycles. The summed E-state index contributed by atoms with van der Waals surface area (Å²) in [7, 11) is -2.60. The second-order valence-corrected chi connectivity index (χ2v) is 4.40. The number of anilines is 3. The van der Waals surface area contributed by atoms with Crippen LogP contribution in [-0.2, 0) is 10.0 Å². The summed E-state index contributed by atoms with van der Waals surface area (Å²) in [6, 6.07) is 1.11. The van der Waals surface area contributed by atoms with Crippen molar-refractivity contribution in [3.05, 3.63) is 6.07 Å². The van der Waals surface area contributed by atoms with Crippen LogP contribution < -0.4 is 27.1 Å². The Hall–Kier alpha value is -1.67. The number of hydrogen-bond donors (Lipinski definition) is 4. The zero-order valence-electron chi connectivity index (χ0n) is 8.02. The first-order valence-corrected chi connectivity index (χ1v) is 5.38. The lowest BCUT2D eigenvalue weighted by atomic mass is 10.2. The van der Waals surface area contributed by atoms with Gasteiger partial charge >= 0.3 is 0 Å². The molecule has 8 N–H and O–H groups in total. The highest BCUT2D eigenvalue weighted by molar-refractivity contribution is 7.89. The van der Waals surface area contributed by atoms with Crippen LogP contribution >= 0.6 is 0 Å². The smallest absolute Gasteiger partial charge is 0.240 e. The summed E-state index contributed by atoms with van der Waals surface area (Å²) in [5.74, 6) is 0.139. The fourth-order valence-electron chi connectivity index (χ4n) is 1.16. The van der Waals surface area contributed by atoms with Crippen LogP contribution in [0.15, 0.2) is 11.0 Å². The number of nitrogens with two attached hydrogens (primary N) is 4. The lowest BCUT2D eigenvalue weighted by Crippen LogP contribution is -2.16. The molecule has 0 spiro atoms. The van der Waals surface area contributed by atoms with E-state index in [9.17, 15) is 8.42 Å². The second-order valence-electron chi connectivity index (χ2n) is 2.87. The average molecular weight is 232 g/mol. The van der Waals surface area contributed by atoms with Crippen LogP contribution in [0.4, 0.5) is 17.1 Å². The van der Waals surface area contributed by atoms with Crippen molar-refractivity contribution in [2.45, 2.75) is 4.90 Å². The summed E-state index contributed by atoms with van der Waals surface area (Å²) >= 11 is 0. The van der Waals surface area contributed by atoms with Gasteiger partial charge in [-0.15, -0.1) is 0 Å². The van der Waals surface area contributed by atoms with Crippen molar-refractivity contribution >= 4 is 27.1 Å². The first-order valence-electron chi connectivity index (χ1n) is 3.83. The minimum atomic E-state index is -3.94. The maximum atomic E-state index is 11.1. The first-order chi connectivity index (χ1) is 6.79. The second kappa shape index (κ2) is 3.48. The average Bonchev–Trinajstić information content (AvgIpc) is 2.10. The molecule has 15 heavy (non-hydrogen) atoms. The Kier molecular flexibility index (Phi) is 2.65. The zero-order chi connectivity index (χ0) is 11.8. The van der Waals surface area contributed by atoms with Crippen molar-refractivity contribution in [1.82, 2.24) is 0 Å². The van der Waals surface area contributed by atoms with Gasteiger partial charge in [-0.05, 0) is 6.07 Å². The van der Waals surface area contributed by atoms with Gasteiger partial charge in [0.15, 0.2) is 5.75 Å². The number of methoxy groups -OCH3 is 1. The van der Waals surface area contributed by atoms with E-state index in [4.69, 9.17) is 27.1 Å². The highest BCUT2D eigenvalue weighted by Crippen LogP contribution is 2.37. The molecule has 0 aliphatic rings. The van der Waals surface area contributed by atoms with Gasteiger partial charge in [-0.3, -0.25) is 0 Å². The number of sulfonamides is 1. The van der Waals surface area contributed by atoms with E-state index >= 15 is 0 Å². The van der Waals surface area contributed by atoms with E-state index in [1.165, 1.54) is 7.11 Å². The highest BCUT2D eigenvalue weighted by atomic mass is 32.2. The van der Waals surface area contributed by atoms with E-state index in [0.29, 0.717) is 0 Å². The van der Waals surface area contributed by atoms with Crippen LogP contribution in [0.2, 0.25) is 0 Å². The molecule has 0 atom stereocenters. The molecule has 0 radical (unpaired) electrons. The summed E-state index contributed by atoms with van der Waals surface area (Å²) in [6.07, 6.45) is 0. The normalized spacial score (nSPS) is 11.3. The minimum absolute atomic E-state index is 0.0403. The molecule has 0 amide bonds. The number of hydrogen-bond acceptors (Lipinski definition) is 6. The molecule has 1 aromatic carbocycles. The van der Waals surface area contributed by atoms with Gasteiger partial charge in [0.2, 0.25) is 10.0 Å². The third-order valence-electron chi connectivity index (χ3n) is 1.86. The Morgan fingerprint density at radius 1 is 1.20 bits per heavy atom. The molecule has 0 bridgehead atoms. The summed E-state index contributed by atoms with van der Waals surface area (Å²) in [4.78, 5) is -0.307. The molecular weight excluding hydrogens is 220 g/mol. The maximum Gasteiger partial charge on any atom is 0.240 e. The number of ether oxygens (including phenoxy) is 1. The largest absolute Gasteiger partial charge is 0.492 e. The van der Waals surface area contributed by atoms with Gasteiger partial charge in [0.25, 0.3) is 0 Å². The zero-order valence-corrected chi connectivity index (χ0v) is 8.84. The Bertz CT molecular complexity index is 497. The molecule has 0 aromatic heterocycles. The molecule has 7 nitrogen and oxygen atoms in total. The molecule has 0 aliphatic carbocycles. The lowest BCUT2D eigenvalue weighted by molar-refractivity contribution is 0.419. The van der Waals surface area contributed by atoms with Crippen LogP contribution in [-0.4, -0.2) is 15.5 Å². The van der Waals surface area contributed by atoms with Crippen LogP contribution in [0.25, 0.3) is 0 Å². The minimum Gasteiger partial charge on any atom is -0.492 e. The first kappa shape index (κ1) is 11.4. The third-order valence-corrected chi connectivity index (χ3v) is 2.81. The van der Waals surface area contributed by atoms with Gasteiger partial charge in [-0.1, -0.05) is 0 Å². The van der Waals surface area contributed by atoms with E-state index in [1.54, 1.807) is 0 Å². The van der Waals surface area contributed by atoms with Crippen LogP contribution in [0, 0.1) is 0 Å². The molecule has 84 valence electrons. The van der Waals surface area contributed by atoms with Crippen molar-refractivity contribution in [2.75, 3.05) is 24.3 Å².